The van der Waals surface area contributed by atoms with Crippen LogP contribution in [0.25, 0.3) is 5.69 Å². The number of rotatable bonds is 2. The lowest BCUT2D eigenvalue weighted by atomic mass is 10.2. The first-order chi connectivity index (χ1) is 9.81. The Kier molecular flexibility index (Phi) is 3.54. The fourth-order valence-corrected chi connectivity index (χ4v) is 1.59. The lowest BCUT2D eigenvalue weighted by Gasteiger charge is -2.10. The summed E-state index contributed by atoms with van der Waals surface area (Å²) >= 11 is 0. The van der Waals surface area contributed by atoms with E-state index in [4.69, 9.17) is 5.73 Å². The van der Waals surface area contributed by atoms with Gasteiger partial charge in [0.1, 0.15) is 17.8 Å². The van der Waals surface area contributed by atoms with Crippen molar-refractivity contribution in [2.45, 2.75) is 0 Å². The van der Waals surface area contributed by atoms with Crippen LogP contribution in [0.3, 0.4) is 0 Å². The number of benzene rings is 1. The Morgan fingerprint density at radius 1 is 1.10 bits per heavy atom. The molecule has 0 atom stereocenters. The molecule has 0 radical (unpaired) electrons. The molecule has 2 aromatic rings. The Balaban J connectivity index is 2.75. The van der Waals surface area contributed by atoms with E-state index in [9.17, 15) is 26.7 Å². The van der Waals surface area contributed by atoms with Crippen molar-refractivity contribution in [3.8, 4) is 5.69 Å². The van der Waals surface area contributed by atoms with Crippen LogP contribution in [0.5, 0.6) is 0 Å². The lowest BCUT2D eigenvalue weighted by Crippen LogP contribution is -2.12. The topological polar surface area (TPSA) is 70.1 Å². The number of nitrogens with two attached hydrogens (primary N) is 1. The smallest absolute Gasteiger partial charge is 0.360 e. The number of halogens is 5. The summed E-state index contributed by atoms with van der Waals surface area (Å²) in [4.78, 5) is 14.7. The molecule has 1 aromatic carbocycles. The van der Waals surface area contributed by atoms with Gasteiger partial charge in [0.25, 0.3) is 0 Å². The van der Waals surface area contributed by atoms with Crippen LogP contribution < -0.4 is 5.73 Å². The molecule has 0 saturated heterocycles. The number of hydrogen-bond acceptors (Lipinski definition) is 4. The summed E-state index contributed by atoms with van der Waals surface area (Å²) in [6, 6.07) is 0. The number of nitrogens with zero attached hydrogens (tertiary/aromatic N) is 2. The third-order valence-electron chi connectivity index (χ3n) is 2.61. The van der Waals surface area contributed by atoms with E-state index in [2.05, 4.69) is 9.72 Å². The standard InChI is InChI=1S/C11H6F5N3O2/c1-21-11(20)8-10(17)19(2-18-8)9-6(15)4(13)3(12)5(14)7(9)16/h2H,17H2,1H3. The van der Waals surface area contributed by atoms with E-state index in [1.54, 1.807) is 0 Å². The van der Waals surface area contributed by atoms with Gasteiger partial charge in [-0.15, -0.1) is 0 Å². The van der Waals surface area contributed by atoms with Gasteiger partial charge < -0.3 is 10.5 Å². The summed E-state index contributed by atoms with van der Waals surface area (Å²) in [5.74, 6) is -12.5. The van der Waals surface area contributed by atoms with Crippen molar-refractivity contribution in [2.24, 2.45) is 0 Å². The van der Waals surface area contributed by atoms with Crippen molar-refractivity contribution < 1.29 is 31.5 Å². The number of esters is 1. The fourth-order valence-electron chi connectivity index (χ4n) is 1.59. The highest BCUT2D eigenvalue weighted by molar-refractivity contribution is 5.92. The predicted molar refractivity (Wildman–Crippen MR) is 59.1 cm³/mol. The molecule has 112 valence electrons. The van der Waals surface area contributed by atoms with Crippen LogP contribution in [-0.4, -0.2) is 22.6 Å². The molecular formula is C11H6F5N3O2. The highest BCUT2D eigenvalue weighted by Crippen LogP contribution is 2.28. The van der Waals surface area contributed by atoms with Gasteiger partial charge in [0.05, 0.1) is 7.11 Å². The second-order valence-electron chi connectivity index (χ2n) is 3.76. The van der Waals surface area contributed by atoms with Crippen LogP contribution in [0, 0.1) is 29.1 Å². The predicted octanol–water partition coefficient (Wildman–Crippen LogP) is 1.94. The third-order valence-corrected chi connectivity index (χ3v) is 2.61. The van der Waals surface area contributed by atoms with Crippen molar-refractivity contribution >= 4 is 11.8 Å². The Morgan fingerprint density at radius 2 is 1.57 bits per heavy atom. The number of anilines is 1. The molecule has 21 heavy (non-hydrogen) atoms. The lowest BCUT2D eigenvalue weighted by molar-refractivity contribution is 0.0596. The summed E-state index contributed by atoms with van der Waals surface area (Å²) in [7, 11) is 0.999. The molecule has 0 bridgehead atoms. The first-order valence-electron chi connectivity index (χ1n) is 5.24. The Bertz CT molecular complexity index is 715. The number of carbonyl (C=O) groups excluding carboxylic acids is 1. The van der Waals surface area contributed by atoms with E-state index < -0.39 is 52.3 Å². The van der Waals surface area contributed by atoms with E-state index >= 15 is 0 Å². The van der Waals surface area contributed by atoms with E-state index in [1.165, 1.54) is 0 Å². The third kappa shape index (κ3) is 2.08. The molecule has 0 amide bonds. The molecule has 0 aliphatic heterocycles. The zero-order valence-electron chi connectivity index (χ0n) is 10.3. The summed E-state index contributed by atoms with van der Waals surface area (Å²) in [6.07, 6.45) is 0.639. The average Bonchev–Trinajstić information content (AvgIpc) is 2.84. The van der Waals surface area contributed by atoms with E-state index in [-0.39, 0.29) is 0 Å². The first-order valence-corrected chi connectivity index (χ1v) is 5.24. The van der Waals surface area contributed by atoms with Gasteiger partial charge >= 0.3 is 5.97 Å². The molecule has 0 unspecified atom stereocenters. The molecule has 0 fully saturated rings. The molecule has 0 aliphatic rings. The minimum absolute atomic E-state index is 0.364. The summed E-state index contributed by atoms with van der Waals surface area (Å²) in [5, 5.41) is 0. The minimum Gasteiger partial charge on any atom is -0.464 e. The van der Waals surface area contributed by atoms with Crippen LogP contribution in [0.2, 0.25) is 0 Å². The first kappa shape index (κ1) is 14.8. The van der Waals surface area contributed by atoms with Crippen LogP contribution in [-0.2, 0) is 4.74 Å². The maximum Gasteiger partial charge on any atom is 0.360 e. The summed E-state index contributed by atoms with van der Waals surface area (Å²) in [6.45, 7) is 0. The zero-order chi connectivity index (χ0) is 15.9. The molecule has 0 spiro atoms. The fraction of sp³-hybridized carbons (Fsp3) is 0.0909. The van der Waals surface area contributed by atoms with Gasteiger partial charge in [0.15, 0.2) is 29.0 Å². The zero-order valence-corrected chi connectivity index (χ0v) is 10.3. The molecule has 5 nitrogen and oxygen atoms in total. The average molecular weight is 307 g/mol. The second kappa shape index (κ2) is 5.04. The minimum atomic E-state index is -2.30. The molecule has 1 heterocycles. The van der Waals surface area contributed by atoms with Crippen molar-refractivity contribution in [3.63, 3.8) is 0 Å². The summed E-state index contributed by atoms with van der Waals surface area (Å²) in [5.41, 5.74) is 3.55. The van der Waals surface area contributed by atoms with Gasteiger partial charge in [-0.2, -0.15) is 0 Å². The maximum absolute atomic E-state index is 13.6. The molecule has 0 aliphatic carbocycles. The highest BCUT2D eigenvalue weighted by atomic mass is 19.2. The van der Waals surface area contributed by atoms with Crippen molar-refractivity contribution in [2.75, 3.05) is 12.8 Å². The van der Waals surface area contributed by atoms with E-state index in [0.29, 0.717) is 10.9 Å². The molecule has 2 rings (SSSR count). The Hall–Kier alpha value is -2.65. The molecule has 0 saturated carbocycles. The van der Waals surface area contributed by atoms with E-state index in [1.807, 2.05) is 0 Å². The monoisotopic (exact) mass is 307 g/mol. The van der Waals surface area contributed by atoms with Crippen LogP contribution in [0.4, 0.5) is 27.8 Å². The van der Waals surface area contributed by atoms with Crippen LogP contribution in [0.1, 0.15) is 10.5 Å². The van der Waals surface area contributed by atoms with Gasteiger partial charge in [-0.25, -0.2) is 31.7 Å². The number of aromatic nitrogens is 2. The second-order valence-corrected chi connectivity index (χ2v) is 3.76. The van der Waals surface area contributed by atoms with Crippen molar-refractivity contribution in [1.82, 2.24) is 9.55 Å². The molecule has 1 aromatic heterocycles. The number of imidazole rings is 1. The Morgan fingerprint density at radius 3 is 2.05 bits per heavy atom. The van der Waals surface area contributed by atoms with Crippen molar-refractivity contribution in [1.29, 1.82) is 0 Å². The Labute approximate surface area is 113 Å². The molecule has 10 heteroatoms. The van der Waals surface area contributed by atoms with Crippen molar-refractivity contribution in [3.05, 3.63) is 41.1 Å². The number of carbonyl (C=O) groups is 1. The molecule has 2 N–H and O–H groups in total. The normalized spacial score (nSPS) is 10.8. The SMILES string of the molecule is COC(=O)c1ncn(-c2c(F)c(F)c(F)c(F)c2F)c1N. The number of ether oxygens (including phenoxy) is 1. The summed E-state index contributed by atoms with van der Waals surface area (Å²) < 4.78 is 71.1. The quantitative estimate of drug-likeness (QED) is 0.398. The van der Waals surface area contributed by atoms with Gasteiger partial charge in [-0.05, 0) is 0 Å². The van der Waals surface area contributed by atoms with Gasteiger partial charge in [-0.3, -0.25) is 4.57 Å². The van der Waals surface area contributed by atoms with Crippen LogP contribution in [0.15, 0.2) is 6.33 Å². The highest BCUT2D eigenvalue weighted by Gasteiger charge is 2.29. The number of methoxy groups -OCH3 is 1. The van der Waals surface area contributed by atoms with Crippen LogP contribution >= 0.6 is 0 Å². The molecular weight excluding hydrogens is 301 g/mol. The maximum atomic E-state index is 13.6. The van der Waals surface area contributed by atoms with Gasteiger partial charge in [-0.1, -0.05) is 0 Å². The number of hydrogen-bond donors (Lipinski definition) is 1. The van der Waals surface area contributed by atoms with E-state index in [0.717, 1.165) is 7.11 Å². The largest absolute Gasteiger partial charge is 0.464 e. The van der Waals surface area contributed by atoms with Gasteiger partial charge in [0.2, 0.25) is 5.82 Å². The number of nitrogen functional groups attached to an aromatic ring is 1. The van der Waals surface area contributed by atoms with Gasteiger partial charge in [0, 0.05) is 0 Å².